The van der Waals surface area contributed by atoms with Gasteiger partial charge >= 0.3 is 0 Å². The SMILES string of the molecule is CC(=O)C=C(C)O.Cc1ccc(-c2[c-]cccc2)nc1.Cc1ccc(-c2[c-]cccc2)nc1.Cc1ccc(-c2ccnc(-c3[c-]ccc4c3oc3ccccc34)c2)cc1.Cc1ccnc(-c2[c-]ccc(-c3ccccc3)c2)c1.Cc1ccnc(-c2[c-]ccc3c2oc2ccccc23)c1.Cc1cnc(-c2[c-]ccc3c2oc2ccccc23)cc1C.[Ir].[Ir].[Ir].[Ir].[c-]1ccccc1-c1ccccn1. The Kier molecular flexibility index (Phi) is 37.7. The van der Waals surface area contributed by atoms with Gasteiger partial charge in [-0.3, -0.25) is 4.79 Å². The van der Waals surface area contributed by atoms with Gasteiger partial charge in [0.05, 0.1) is 22.5 Å². The van der Waals surface area contributed by atoms with E-state index in [9.17, 15) is 4.79 Å². The number of aliphatic hydroxyl groups is 1. The average molecular weight is 2470 g/mol. The fourth-order valence-corrected chi connectivity index (χ4v) is 14.4. The van der Waals surface area contributed by atoms with Gasteiger partial charge in [0, 0.05) is 146 Å². The third kappa shape index (κ3) is 27.1. The number of aryl methyl sites for hydroxylation is 7. The number of carbonyl (C=O) groups excluding carboxylic acids is 1. The first-order valence-corrected chi connectivity index (χ1v) is 42.9. The molecule has 16 heteroatoms. The largest absolute Gasteiger partial charge is 0.512 e. The number of pyridine rings is 7. The van der Waals surface area contributed by atoms with Crippen LogP contribution < -0.4 is 0 Å². The van der Waals surface area contributed by atoms with Crippen molar-refractivity contribution in [1.29, 1.82) is 0 Å². The molecule has 0 saturated carbocycles. The van der Waals surface area contributed by atoms with Crippen LogP contribution in [-0.2, 0) is 85.2 Å². The summed E-state index contributed by atoms with van der Waals surface area (Å²) in [6, 6.07) is 136. The first-order valence-electron chi connectivity index (χ1n) is 42.9. The second-order valence-corrected chi connectivity index (χ2v) is 31.2. The molecule has 12 aromatic carbocycles. The van der Waals surface area contributed by atoms with E-state index in [1.165, 1.54) is 75.6 Å². The van der Waals surface area contributed by atoms with E-state index in [0.29, 0.717) is 0 Å². The summed E-state index contributed by atoms with van der Waals surface area (Å²) in [5, 5.41) is 15.1. The van der Waals surface area contributed by atoms with E-state index in [1.54, 1.807) is 6.20 Å². The quantitative estimate of drug-likeness (QED) is 0.0783. The van der Waals surface area contributed by atoms with E-state index < -0.39 is 0 Å². The minimum absolute atomic E-state index is 0. The molecule has 0 aliphatic heterocycles. The Bertz CT molecular complexity index is 7470. The number of aliphatic hydroxyl groups excluding tert-OH is 1. The Morgan fingerprint density at radius 3 is 1.07 bits per heavy atom. The van der Waals surface area contributed by atoms with Crippen LogP contribution in [0.2, 0.25) is 0 Å². The van der Waals surface area contributed by atoms with E-state index in [4.69, 9.17) is 18.4 Å². The topological polar surface area (TPSA) is 167 Å². The van der Waals surface area contributed by atoms with Crippen LogP contribution in [0.5, 0.6) is 0 Å². The number of hydrogen-bond acceptors (Lipinski definition) is 12. The number of fused-ring (bicyclic) bond motifs is 9. The Morgan fingerprint density at radius 1 is 0.267 bits per heavy atom. The monoisotopic (exact) mass is 2470 g/mol. The maximum Gasteiger partial charge on any atom is 0.155 e. The first kappa shape index (κ1) is 101. The predicted molar refractivity (Wildman–Crippen MR) is 532 cm³/mol. The van der Waals surface area contributed by atoms with Crippen LogP contribution in [0.25, 0.3) is 167 Å². The van der Waals surface area contributed by atoms with Gasteiger partial charge in [-0.2, -0.15) is 0 Å². The molecule has 0 fully saturated rings. The molecular formula is C119H92Ir4N7O5-7. The van der Waals surface area contributed by atoms with Crippen LogP contribution in [0.3, 0.4) is 0 Å². The van der Waals surface area contributed by atoms with Crippen molar-refractivity contribution in [3.05, 3.63) is 476 Å². The Balaban J connectivity index is 0.000000151. The molecule has 0 saturated heterocycles. The summed E-state index contributed by atoms with van der Waals surface area (Å²) in [5.41, 5.74) is 31.8. The molecule has 0 unspecified atom stereocenters. The van der Waals surface area contributed by atoms with E-state index in [2.05, 4.69) is 233 Å². The molecule has 10 aromatic heterocycles. The van der Waals surface area contributed by atoms with Gasteiger partial charge in [-0.1, -0.05) is 225 Å². The summed E-state index contributed by atoms with van der Waals surface area (Å²) in [4.78, 5) is 40.8. The predicted octanol–water partition coefficient (Wildman–Crippen LogP) is 30.1. The van der Waals surface area contributed by atoms with E-state index in [1.807, 2.05) is 269 Å². The van der Waals surface area contributed by atoms with Crippen molar-refractivity contribution < 1.29 is 104 Å². The molecule has 1 N–H and O–H groups in total. The second kappa shape index (κ2) is 50.1. The summed E-state index contributed by atoms with van der Waals surface area (Å²) < 4.78 is 18.2. The van der Waals surface area contributed by atoms with Crippen LogP contribution in [0, 0.1) is 90.9 Å². The number of hydrogen-bond donors (Lipinski definition) is 1. The number of allylic oxidation sites excluding steroid dienone is 2. The van der Waals surface area contributed by atoms with E-state index in [-0.39, 0.29) is 92.0 Å². The van der Waals surface area contributed by atoms with Gasteiger partial charge in [-0.05, 0) is 178 Å². The number of rotatable bonds is 10. The minimum atomic E-state index is -0.125. The van der Waals surface area contributed by atoms with Crippen LogP contribution in [0.4, 0.5) is 0 Å². The average Bonchev–Trinajstić information content (AvgIpc) is 1.63. The zero-order valence-electron chi connectivity index (χ0n) is 75.5. The maximum absolute atomic E-state index is 10.0. The number of furan rings is 3. The zero-order valence-corrected chi connectivity index (χ0v) is 85.1. The number of nitrogens with zero attached hydrogens (tertiary/aromatic N) is 7. The van der Waals surface area contributed by atoms with Crippen molar-refractivity contribution in [2.45, 2.75) is 62.3 Å². The van der Waals surface area contributed by atoms with Crippen LogP contribution in [0.1, 0.15) is 52.8 Å². The fourth-order valence-electron chi connectivity index (χ4n) is 14.4. The number of aromatic nitrogens is 7. The Morgan fingerprint density at radius 2 is 0.644 bits per heavy atom. The molecular weight excluding hydrogens is 2380 g/mol. The summed E-state index contributed by atoms with van der Waals surface area (Å²) in [5.74, 6) is -0.0625. The second-order valence-electron chi connectivity index (χ2n) is 31.2. The molecule has 676 valence electrons. The van der Waals surface area contributed by atoms with Crippen molar-refractivity contribution in [3.63, 3.8) is 0 Å². The number of carbonyl (C=O) groups is 1. The van der Waals surface area contributed by atoms with Crippen LogP contribution in [0.15, 0.2) is 408 Å². The fraction of sp³-hybridized carbons (Fsp3) is 0.0756. The van der Waals surface area contributed by atoms with Crippen molar-refractivity contribution in [2.75, 3.05) is 0 Å². The number of ketones is 1. The summed E-state index contributed by atoms with van der Waals surface area (Å²) in [7, 11) is 0. The summed E-state index contributed by atoms with van der Waals surface area (Å²) >= 11 is 0. The molecule has 22 aromatic rings. The van der Waals surface area contributed by atoms with Gasteiger partial charge in [-0.15, -0.1) is 198 Å². The molecule has 135 heavy (non-hydrogen) atoms. The van der Waals surface area contributed by atoms with Gasteiger partial charge in [0.2, 0.25) is 0 Å². The normalized spacial score (nSPS) is 10.4. The van der Waals surface area contributed by atoms with Gasteiger partial charge in [-0.25, -0.2) is 0 Å². The van der Waals surface area contributed by atoms with Crippen LogP contribution >= 0.6 is 0 Å². The molecule has 0 bridgehead atoms. The van der Waals surface area contributed by atoms with Crippen LogP contribution in [-0.4, -0.2) is 45.8 Å². The van der Waals surface area contributed by atoms with Crippen molar-refractivity contribution in [3.8, 4) is 101 Å². The molecule has 0 amide bonds. The van der Waals surface area contributed by atoms with E-state index in [0.717, 1.165) is 150 Å². The van der Waals surface area contributed by atoms with Crippen molar-refractivity contribution in [1.82, 2.24) is 34.9 Å². The molecule has 22 rings (SSSR count). The molecule has 4 radical (unpaired) electrons. The smallest absolute Gasteiger partial charge is 0.155 e. The molecule has 10 heterocycles. The number of benzene rings is 12. The van der Waals surface area contributed by atoms with Gasteiger partial charge in [0.1, 0.15) is 16.7 Å². The standard InChI is InChI=1S/C24H16NO.C19H14NO.C18H12NO.C18H14N.2C12H10N.C11H8N.C5H8O2.4Ir/c1-16-9-11-17(12-10-16)18-13-14-25-22(15-18)21-7-4-6-20-19-5-2-3-8-23(19)26-24(20)21;1-12-10-17(20-11-13(12)2)16-8-5-7-15-14-6-3-4-9-18(14)21-19(15)16;1-12-9-10-19-16(11-12)15-7-4-6-14-13-5-2-3-8-17(13)20-18(14)15;1-14-10-11-19-18(12-14)17-9-5-8-16(13-17)15-6-3-2-4-7-15;2*1-10-7-8-12(13-9-10)11-5-3-2-4-6-11;1-2-6-10(7-3-1)11-8-4-5-9-12-11;1-4(6)3-5(2)7;;;;/h2-6,8-15H,1H3;3-7,9-11H,1-2H3;2-6,8-11H,1H3;2-8,10-13H,1H3;2*2-5,7-9H,1H3;1-6,8-9H;3,6H,1-2H3;;;;/q7*-1;;;;;. The van der Waals surface area contributed by atoms with Crippen molar-refractivity contribution >= 4 is 71.6 Å². The summed E-state index contributed by atoms with van der Waals surface area (Å²) in [6.45, 7) is 17.3. The third-order valence-electron chi connectivity index (χ3n) is 21.2. The molecule has 12 nitrogen and oxygen atoms in total. The Labute approximate surface area is 842 Å². The first-order chi connectivity index (χ1) is 64.0. The summed E-state index contributed by atoms with van der Waals surface area (Å²) in [6.07, 6.45) is 14.1. The van der Waals surface area contributed by atoms with Gasteiger partial charge in [0.25, 0.3) is 0 Å². The van der Waals surface area contributed by atoms with E-state index >= 15 is 0 Å². The van der Waals surface area contributed by atoms with Gasteiger partial charge in [0.15, 0.2) is 5.78 Å². The maximum atomic E-state index is 10.0. The van der Waals surface area contributed by atoms with Crippen molar-refractivity contribution in [2.24, 2.45) is 0 Å². The number of para-hydroxylation sites is 3. The van der Waals surface area contributed by atoms with Gasteiger partial charge < -0.3 is 53.2 Å². The molecule has 0 atom stereocenters. The molecule has 0 aliphatic carbocycles. The molecule has 0 spiro atoms. The zero-order chi connectivity index (χ0) is 90.8. The minimum Gasteiger partial charge on any atom is -0.512 e. The third-order valence-corrected chi connectivity index (χ3v) is 21.2. The Hall–Kier alpha value is -14.1. The molecule has 0 aliphatic rings.